The molecule has 0 bridgehead atoms. The Bertz CT molecular complexity index is 533. The van der Waals surface area contributed by atoms with E-state index in [2.05, 4.69) is 23.8 Å². The van der Waals surface area contributed by atoms with Crippen LogP contribution in [0.3, 0.4) is 0 Å². The lowest BCUT2D eigenvalue weighted by molar-refractivity contribution is 0.817. The molecule has 1 aromatic carbocycles. The second-order valence-corrected chi connectivity index (χ2v) is 4.53. The van der Waals surface area contributed by atoms with Crippen molar-refractivity contribution in [3.8, 4) is 11.4 Å². The van der Waals surface area contributed by atoms with Crippen LogP contribution in [0.1, 0.15) is 31.0 Å². The maximum atomic E-state index is 5.90. The van der Waals surface area contributed by atoms with Gasteiger partial charge in [0.15, 0.2) is 5.82 Å². The van der Waals surface area contributed by atoms with Gasteiger partial charge in [-0.15, -0.1) is 0 Å². The summed E-state index contributed by atoms with van der Waals surface area (Å²) in [7, 11) is 0. The first kappa shape index (κ1) is 11.6. The molecule has 1 aromatic heterocycles. The van der Waals surface area contributed by atoms with Gasteiger partial charge in [0.2, 0.25) is 0 Å². The Morgan fingerprint density at radius 3 is 2.59 bits per heavy atom. The van der Waals surface area contributed by atoms with E-state index in [1.807, 2.05) is 31.2 Å². The number of anilines is 1. The van der Waals surface area contributed by atoms with Gasteiger partial charge >= 0.3 is 0 Å². The fourth-order valence-corrected chi connectivity index (χ4v) is 1.61. The van der Waals surface area contributed by atoms with Gasteiger partial charge in [0.05, 0.1) is 0 Å². The Morgan fingerprint density at radius 1 is 1.18 bits per heavy atom. The summed E-state index contributed by atoms with van der Waals surface area (Å²) in [6, 6.07) is 7.88. The maximum Gasteiger partial charge on any atom is 0.159 e. The topological polar surface area (TPSA) is 51.8 Å². The van der Waals surface area contributed by atoms with Crippen LogP contribution in [0.25, 0.3) is 11.4 Å². The zero-order valence-corrected chi connectivity index (χ0v) is 10.4. The third-order valence-electron chi connectivity index (χ3n) is 2.81. The number of nitrogens with zero attached hydrogens (tertiary/aromatic N) is 2. The third-order valence-corrected chi connectivity index (χ3v) is 2.81. The summed E-state index contributed by atoms with van der Waals surface area (Å²) in [5.74, 6) is 1.14. The van der Waals surface area contributed by atoms with Crippen molar-refractivity contribution in [3.05, 3.63) is 41.7 Å². The quantitative estimate of drug-likeness (QED) is 0.802. The van der Waals surface area contributed by atoms with E-state index in [0.29, 0.717) is 5.92 Å². The molecule has 0 amide bonds. The molecule has 0 radical (unpaired) electrons. The molecule has 88 valence electrons. The van der Waals surface area contributed by atoms with E-state index in [0.717, 1.165) is 28.3 Å². The predicted octanol–water partition coefficient (Wildman–Crippen LogP) is 3.16. The minimum Gasteiger partial charge on any atom is -0.398 e. The standard InChI is InChI=1S/C14H17N3/c1-9(2)13-6-7-16-14(17-13)11-5-4-10(3)12(15)8-11/h4-9H,15H2,1-3H3. The van der Waals surface area contributed by atoms with Gasteiger partial charge in [-0.3, -0.25) is 0 Å². The van der Waals surface area contributed by atoms with Gasteiger partial charge < -0.3 is 5.73 Å². The molecule has 0 fully saturated rings. The Balaban J connectivity index is 2.45. The molecule has 0 aliphatic heterocycles. The van der Waals surface area contributed by atoms with Gasteiger partial charge in [-0.25, -0.2) is 9.97 Å². The lowest BCUT2D eigenvalue weighted by atomic mass is 10.1. The van der Waals surface area contributed by atoms with Crippen LogP contribution >= 0.6 is 0 Å². The number of aryl methyl sites for hydroxylation is 1. The van der Waals surface area contributed by atoms with E-state index >= 15 is 0 Å². The summed E-state index contributed by atoms with van der Waals surface area (Å²) >= 11 is 0. The van der Waals surface area contributed by atoms with Crippen LogP contribution in [-0.2, 0) is 0 Å². The lowest BCUT2D eigenvalue weighted by Gasteiger charge is -2.07. The molecule has 1 heterocycles. The number of nitrogen functional groups attached to an aromatic ring is 1. The second kappa shape index (κ2) is 4.53. The van der Waals surface area contributed by atoms with Gasteiger partial charge in [-0.05, 0) is 30.5 Å². The molecule has 3 nitrogen and oxygen atoms in total. The molecule has 0 unspecified atom stereocenters. The molecule has 0 atom stereocenters. The Hall–Kier alpha value is -1.90. The van der Waals surface area contributed by atoms with Gasteiger partial charge in [-0.2, -0.15) is 0 Å². The SMILES string of the molecule is Cc1ccc(-c2nccc(C(C)C)n2)cc1N. The van der Waals surface area contributed by atoms with Crippen molar-refractivity contribution in [2.75, 3.05) is 5.73 Å². The van der Waals surface area contributed by atoms with Gasteiger partial charge in [0.1, 0.15) is 0 Å². The third kappa shape index (κ3) is 2.44. The minimum absolute atomic E-state index is 0.402. The number of nitrogens with two attached hydrogens (primary N) is 1. The van der Waals surface area contributed by atoms with Crippen molar-refractivity contribution in [2.24, 2.45) is 0 Å². The predicted molar refractivity (Wildman–Crippen MR) is 70.7 cm³/mol. The van der Waals surface area contributed by atoms with Crippen molar-refractivity contribution in [1.82, 2.24) is 9.97 Å². The molecule has 0 saturated carbocycles. The van der Waals surface area contributed by atoms with Crippen LogP contribution in [0.5, 0.6) is 0 Å². The molecular formula is C14H17N3. The number of hydrogen-bond acceptors (Lipinski definition) is 3. The molecule has 3 heteroatoms. The van der Waals surface area contributed by atoms with E-state index in [4.69, 9.17) is 5.73 Å². The van der Waals surface area contributed by atoms with Crippen LogP contribution in [0.15, 0.2) is 30.5 Å². The molecule has 17 heavy (non-hydrogen) atoms. The Kier molecular flexibility index (Phi) is 3.09. The molecule has 0 spiro atoms. The van der Waals surface area contributed by atoms with Crippen LogP contribution < -0.4 is 5.73 Å². The monoisotopic (exact) mass is 227 g/mol. The molecule has 2 N–H and O–H groups in total. The van der Waals surface area contributed by atoms with Gasteiger partial charge in [0, 0.05) is 23.1 Å². The van der Waals surface area contributed by atoms with Crippen molar-refractivity contribution in [3.63, 3.8) is 0 Å². The van der Waals surface area contributed by atoms with Crippen LogP contribution in [0, 0.1) is 6.92 Å². The van der Waals surface area contributed by atoms with Crippen LogP contribution in [0.2, 0.25) is 0 Å². The summed E-state index contributed by atoms with van der Waals surface area (Å²) in [4.78, 5) is 8.84. The average molecular weight is 227 g/mol. The Labute approximate surface area is 102 Å². The zero-order chi connectivity index (χ0) is 12.4. The largest absolute Gasteiger partial charge is 0.398 e. The van der Waals surface area contributed by atoms with Crippen LogP contribution in [0.4, 0.5) is 5.69 Å². The lowest BCUT2D eigenvalue weighted by Crippen LogP contribution is -1.97. The Morgan fingerprint density at radius 2 is 1.94 bits per heavy atom. The number of benzene rings is 1. The number of rotatable bonds is 2. The number of hydrogen-bond donors (Lipinski definition) is 1. The molecule has 0 aliphatic rings. The molecule has 2 aromatic rings. The summed E-state index contributed by atoms with van der Waals surface area (Å²) in [5.41, 5.74) is 9.77. The van der Waals surface area contributed by atoms with Crippen molar-refractivity contribution < 1.29 is 0 Å². The fourth-order valence-electron chi connectivity index (χ4n) is 1.61. The summed E-state index contributed by atoms with van der Waals surface area (Å²) in [6.45, 7) is 6.23. The fraction of sp³-hybridized carbons (Fsp3) is 0.286. The smallest absolute Gasteiger partial charge is 0.159 e. The van der Waals surface area contributed by atoms with E-state index in [1.165, 1.54) is 0 Å². The second-order valence-electron chi connectivity index (χ2n) is 4.53. The maximum absolute atomic E-state index is 5.90. The minimum atomic E-state index is 0.402. The van der Waals surface area contributed by atoms with E-state index in [1.54, 1.807) is 6.20 Å². The zero-order valence-electron chi connectivity index (χ0n) is 10.4. The average Bonchev–Trinajstić information content (AvgIpc) is 2.33. The van der Waals surface area contributed by atoms with Crippen molar-refractivity contribution in [1.29, 1.82) is 0 Å². The summed E-state index contributed by atoms with van der Waals surface area (Å²) < 4.78 is 0. The van der Waals surface area contributed by atoms with Crippen LogP contribution in [-0.4, -0.2) is 9.97 Å². The highest BCUT2D eigenvalue weighted by atomic mass is 14.9. The summed E-state index contributed by atoms with van der Waals surface area (Å²) in [6.07, 6.45) is 1.80. The van der Waals surface area contributed by atoms with Crippen molar-refractivity contribution >= 4 is 5.69 Å². The highest BCUT2D eigenvalue weighted by molar-refractivity contribution is 5.63. The first-order valence-electron chi connectivity index (χ1n) is 5.77. The first-order chi connectivity index (χ1) is 8.08. The summed E-state index contributed by atoms with van der Waals surface area (Å²) in [5, 5.41) is 0. The van der Waals surface area contributed by atoms with E-state index < -0.39 is 0 Å². The highest BCUT2D eigenvalue weighted by Crippen LogP contribution is 2.22. The first-order valence-corrected chi connectivity index (χ1v) is 5.77. The van der Waals surface area contributed by atoms with E-state index in [9.17, 15) is 0 Å². The molecule has 0 saturated heterocycles. The van der Waals surface area contributed by atoms with Crippen molar-refractivity contribution in [2.45, 2.75) is 26.7 Å². The molecular weight excluding hydrogens is 210 g/mol. The highest BCUT2D eigenvalue weighted by Gasteiger charge is 2.06. The van der Waals surface area contributed by atoms with Gasteiger partial charge in [-0.1, -0.05) is 26.0 Å². The van der Waals surface area contributed by atoms with Gasteiger partial charge in [0.25, 0.3) is 0 Å². The molecule has 2 rings (SSSR count). The molecule has 0 aliphatic carbocycles. The van der Waals surface area contributed by atoms with E-state index in [-0.39, 0.29) is 0 Å². The normalized spacial score (nSPS) is 10.8. The number of aromatic nitrogens is 2.